The number of hydrogen-bond donors (Lipinski definition) is 4. The average molecular weight is 709 g/mol. The van der Waals surface area contributed by atoms with Crippen molar-refractivity contribution in [1.29, 1.82) is 0 Å². The van der Waals surface area contributed by atoms with Gasteiger partial charge in [0.15, 0.2) is 0 Å². The van der Waals surface area contributed by atoms with Crippen LogP contribution < -0.4 is 21.3 Å². The Morgan fingerprint density at radius 2 is 0.936 bits per heavy atom. The molecule has 8 aliphatic rings. The fraction of sp³-hybridized carbons (Fsp3) is 0.974. The predicted molar refractivity (Wildman–Crippen MR) is 215 cm³/mol. The number of rotatable bonds is 0. The molecule has 0 amide bonds. The van der Waals surface area contributed by atoms with Crippen molar-refractivity contribution in [3.8, 4) is 0 Å². The summed E-state index contributed by atoms with van der Waals surface area (Å²) in [5, 5.41) is 13.2. The van der Waals surface area contributed by atoms with E-state index in [1.54, 1.807) is 0 Å². The fourth-order valence-corrected chi connectivity index (χ4v) is 9.14. The molecular formula is C38H84N4O3S2. The van der Waals surface area contributed by atoms with Crippen LogP contribution in [0.4, 0.5) is 0 Å². The first-order chi connectivity index (χ1) is 23.0. The molecule has 286 valence electrons. The molecule has 2 saturated carbocycles. The molecule has 6 aliphatic heterocycles. The average Bonchev–Trinajstić information content (AvgIpc) is 3.79. The van der Waals surface area contributed by atoms with Gasteiger partial charge >= 0.3 is 0 Å². The molecule has 0 bridgehead atoms. The minimum absolute atomic E-state index is 0.503. The van der Waals surface area contributed by atoms with E-state index in [1.807, 2.05) is 69.2 Å². The summed E-state index contributed by atoms with van der Waals surface area (Å²) in [7, 11) is -2.09. The zero-order valence-electron chi connectivity index (χ0n) is 33.1. The van der Waals surface area contributed by atoms with Crippen LogP contribution >= 0.6 is 0 Å². The van der Waals surface area contributed by atoms with Crippen molar-refractivity contribution < 1.29 is 13.2 Å². The summed E-state index contributed by atoms with van der Waals surface area (Å²) in [6.45, 7) is 31.5. The van der Waals surface area contributed by atoms with Gasteiger partial charge in [0.1, 0.15) is 0 Å². The molecule has 6 saturated heterocycles. The first kappa shape index (κ1) is 49.1. The normalized spacial score (nSPS) is 31.0. The standard InChI is InChI=1S/C7H13N.C6H11NO.C6H12OS.C5H9N.C4H9NOS.5C2H6/c1-2-6-4-8-5-7(6)3-1;1-5-3-8-4-6(5)2-7-1;1-8(7)5-3-2-4-6-8;1-4-2-6-3-5(1)4;6-7-3-1-5-2-4-7;5*1-2/h6-8H,1-5H2;5-7H,1-4H2;1-6H2;4-6H,1-3H2;5H,1-4H2;5*1-2H3. The topological polar surface area (TPSA) is 91.5 Å². The highest BCUT2D eigenvalue weighted by atomic mass is 32.2. The number of piperidine rings is 1. The molecule has 6 unspecified atom stereocenters. The van der Waals surface area contributed by atoms with Gasteiger partial charge in [-0.05, 0) is 97.3 Å². The lowest BCUT2D eigenvalue weighted by Crippen LogP contribution is -2.32. The first-order valence-corrected chi connectivity index (χ1v) is 23.6. The Morgan fingerprint density at radius 1 is 0.553 bits per heavy atom. The van der Waals surface area contributed by atoms with Crippen LogP contribution in [0.15, 0.2) is 0 Å². The van der Waals surface area contributed by atoms with Gasteiger partial charge in [-0.2, -0.15) is 0 Å². The van der Waals surface area contributed by atoms with Crippen LogP contribution in [0.2, 0.25) is 0 Å². The molecule has 0 radical (unpaired) electrons. The summed E-state index contributed by atoms with van der Waals surface area (Å²) in [6.07, 6.45) is 9.52. The second-order valence-corrected chi connectivity index (χ2v) is 16.7. The number of hydrogen-bond acceptors (Lipinski definition) is 7. The number of nitrogens with one attached hydrogen (secondary N) is 4. The highest BCUT2D eigenvalue weighted by Crippen LogP contribution is 2.40. The zero-order valence-corrected chi connectivity index (χ0v) is 34.7. The van der Waals surface area contributed by atoms with Crippen LogP contribution in [-0.4, -0.2) is 103 Å². The van der Waals surface area contributed by atoms with E-state index in [1.165, 1.54) is 71.4 Å². The third-order valence-electron chi connectivity index (χ3n) is 9.20. The highest BCUT2D eigenvalue weighted by Gasteiger charge is 2.40. The second kappa shape index (κ2) is 33.1. The van der Waals surface area contributed by atoms with Crippen LogP contribution in [0.3, 0.4) is 0 Å². The maximum Gasteiger partial charge on any atom is 0.0510 e. The molecule has 9 heteroatoms. The number of ether oxygens (including phenoxy) is 1. The Kier molecular flexibility index (Phi) is 34.6. The molecule has 47 heavy (non-hydrogen) atoms. The van der Waals surface area contributed by atoms with Crippen molar-refractivity contribution in [1.82, 2.24) is 21.3 Å². The third-order valence-corrected chi connectivity index (χ3v) is 12.6. The van der Waals surface area contributed by atoms with Crippen molar-refractivity contribution >= 4 is 26.2 Å². The summed E-state index contributed by atoms with van der Waals surface area (Å²) < 4.78 is 26.9. The van der Waals surface area contributed by atoms with E-state index in [4.69, 9.17) is 4.74 Å². The van der Waals surface area contributed by atoms with Gasteiger partial charge in [-0.1, -0.05) is 82.1 Å². The zero-order chi connectivity index (χ0) is 35.9. The van der Waals surface area contributed by atoms with Crippen molar-refractivity contribution in [3.05, 3.63) is 0 Å². The highest BCUT2D eigenvalue weighted by molar-refractivity contribution is 8.00. The molecule has 2 aliphatic carbocycles. The molecule has 0 aromatic carbocycles. The van der Waals surface area contributed by atoms with E-state index < -0.39 is 20.3 Å². The van der Waals surface area contributed by atoms with Crippen LogP contribution in [0.25, 0.3) is 0 Å². The predicted octanol–water partition coefficient (Wildman–Crippen LogP) is 6.44. The van der Waals surface area contributed by atoms with Gasteiger partial charge < -0.3 is 26.0 Å². The molecule has 8 fully saturated rings. The van der Waals surface area contributed by atoms with Gasteiger partial charge in [0.05, 0.1) is 13.2 Å². The maximum absolute atomic E-state index is 11.1. The Hall–Kier alpha value is -0.0300. The molecule has 4 N–H and O–H groups in total. The molecule has 6 atom stereocenters. The summed E-state index contributed by atoms with van der Waals surface area (Å²) >= 11 is 0. The molecule has 6 heterocycles. The lowest BCUT2D eigenvalue weighted by atomic mass is 10.0. The van der Waals surface area contributed by atoms with Gasteiger partial charge in [0.25, 0.3) is 0 Å². The monoisotopic (exact) mass is 709 g/mol. The Morgan fingerprint density at radius 3 is 1.23 bits per heavy atom. The van der Waals surface area contributed by atoms with Gasteiger partial charge in [-0.3, -0.25) is 8.42 Å². The lowest BCUT2D eigenvalue weighted by molar-refractivity contribution is 0.175. The van der Waals surface area contributed by atoms with Crippen molar-refractivity contribution in [2.24, 2.45) is 35.5 Å². The number of fused-ring (bicyclic) bond motifs is 3. The maximum atomic E-state index is 11.1. The summed E-state index contributed by atoms with van der Waals surface area (Å²) in [5.41, 5.74) is 0. The largest absolute Gasteiger partial charge is 0.381 e. The fourth-order valence-electron chi connectivity index (χ4n) is 6.53. The SMILES string of the molecule is C1CC2CNCC2C1.C1NCC2CC12.C1NCC2COCC12.C=S1(=O)CCCCC1.CC.CC.CC.CC.CC.O=S1CCNCC1. The van der Waals surface area contributed by atoms with E-state index in [2.05, 4.69) is 27.1 Å². The summed E-state index contributed by atoms with van der Waals surface area (Å²) in [4.78, 5) is 0. The quantitative estimate of drug-likeness (QED) is 0.216. The van der Waals surface area contributed by atoms with Crippen LogP contribution in [0.1, 0.15) is 114 Å². The third kappa shape index (κ3) is 23.1. The second-order valence-electron chi connectivity index (χ2n) is 12.3. The Labute approximate surface area is 297 Å². The van der Waals surface area contributed by atoms with Gasteiger partial charge in [-0.15, -0.1) is 0 Å². The van der Waals surface area contributed by atoms with Crippen molar-refractivity contribution in [2.45, 2.75) is 114 Å². The van der Waals surface area contributed by atoms with Crippen molar-refractivity contribution in [2.75, 3.05) is 88.6 Å². The van der Waals surface area contributed by atoms with Crippen molar-refractivity contribution in [3.63, 3.8) is 0 Å². The van der Waals surface area contributed by atoms with Gasteiger partial charge in [0.2, 0.25) is 0 Å². The van der Waals surface area contributed by atoms with E-state index in [0.29, 0.717) is 0 Å². The van der Waals surface area contributed by atoms with E-state index in [9.17, 15) is 8.42 Å². The first-order valence-electron chi connectivity index (χ1n) is 20.1. The molecule has 7 nitrogen and oxygen atoms in total. The Bertz CT molecular complexity index is 708. The molecular weight excluding hydrogens is 625 g/mol. The molecule has 8 rings (SSSR count). The van der Waals surface area contributed by atoms with Crippen LogP contribution in [-0.2, 0) is 25.1 Å². The minimum Gasteiger partial charge on any atom is -0.381 e. The van der Waals surface area contributed by atoms with E-state index in [-0.39, 0.29) is 0 Å². The van der Waals surface area contributed by atoms with E-state index in [0.717, 1.165) is 97.7 Å². The van der Waals surface area contributed by atoms with Crippen LogP contribution in [0, 0.1) is 35.5 Å². The smallest absolute Gasteiger partial charge is 0.0510 e. The molecule has 0 aromatic rings. The lowest BCUT2D eigenvalue weighted by Gasteiger charge is -2.13. The molecule has 0 spiro atoms. The van der Waals surface area contributed by atoms with Gasteiger partial charge in [0, 0.05) is 71.8 Å². The minimum atomic E-state index is -1.58. The van der Waals surface area contributed by atoms with Crippen LogP contribution in [0.5, 0.6) is 0 Å². The van der Waals surface area contributed by atoms with E-state index >= 15 is 0 Å². The van der Waals surface area contributed by atoms with Gasteiger partial charge in [-0.25, -0.2) is 0 Å². The summed E-state index contributed by atoms with van der Waals surface area (Å²) in [6, 6.07) is 0. The molecule has 0 aromatic heterocycles. The Balaban J connectivity index is 0. The summed E-state index contributed by atoms with van der Waals surface area (Å²) in [5.74, 6) is 13.1.